The highest BCUT2D eigenvalue weighted by atomic mass is 19.1. The van der Waals surface area contributed by atoms with E-state index in [4.69, 9.17) is 9.47 Å². The number of methoxy groups -OCH3 is 2. The van der Waals surface area contributed by atoms with E-state index in [0.717, 1.165) is 0 Å². The molecule has 0 saturated carbocycles. The van der Waals surface area contributed by atoms with Crippen LogP contribution in [0.4, 0.5) is 10.2 Å². The Balaban J connectivity index is 1.92. The van der Waals surface area contributed by atoms with Gasteiger partial charge in [0.2, 0.25) is 0 Å². The van der Waals surface area contributed by atoms with Crippen molar-refractivity contribution in [2.75, 3.05) is 19.5 Å². The van der Waals surface area contributed by atoms with Crippen LogP contribution in [0.25, 0.3) is 5.69 Å². The Kier molecular flexibility index (Phi) is 5.16. The summed E-state index contributed by atoms with van der Waals surface area (Å²) >= 11 is 0. The summed E-state index contributed by atoms with van der Waals surface area (Å²) in [5, 5.41) is 2.48. The fraction of sp³-hybridized carbons (Fsp3) is 0.105. The highest BCUT2D eigenvalue weighted by molar-refractivity contribution is 6.04. The molecule has 0 aliphatic carbocycles. The molecule has 0 fully saturated rings. The molecule has 7 nitrogen and oxygen atoms in total. The molecule has 0 bridgehead atoms. The number of halogens is 1. The van der Waals surface area contributed by atoms with Crippen molar-refractivity contribution in [3.05, 3.63) is 76.6 Å². The lowest BCUT2D eigenvalue weighted by atomic mass is 10.2. The molecule has 1 aromatic heterocycles. The maximum atomic E-state index is 13.1. The van der Waals surface area contributed by atoms with Gasteiger partial charge < -0.3 is 14.8 Å². The van der Waals surface area contributed by atoms with Crippen LogP contribution in [0.15, 0.2) is 59.7 Å². The number of anilines is 1. The fourth-order valence-electron chi connectivity index (χ4n) is 2.42. The van der Waals surface area contributed by atoms with Gasteiger partial charge in [0, 0.05) is 29.7 Å². The third-order valence-electron chi connectivity index (χ3n) is 3.79. The van der Waals surface area contributed by atoms with E-state index >= 15 is 0 Å². The van der Waals surface area contributed by atoms with Gasteiger partial charge in [0.05, 0.1) is 14.2 Å². The summed E-state index contributed by atoms with van der Waals surface area (Å²) in [7, 11) is 2.94. The number of hydrogen-bond donors (Lipinski definition) is 1. The van der Waals surface area contributed by atoms with Crippen LogP contribution in [0, 0.1) is 5.82 Å². The third-order valence-corrected chi connectivity index (χ3v) is 3.79. The Hall–Kier alpha value is -3.68. The van der Waals surface area contributed by atoms with Gasteiger partial charge in [-0.05, 0) is 36.4 Å². The molecule has 3 aromatic rings. The first-order valence-corrected chi connectivity index (χ1v) is 7.90. The number of nitrogens with zero attached hydrogens (tertiary/aromatic N) is 2. The molecule has 8 heteroatoms. The quantitative estimate of drug-likeness (QED) is 0.748. The molecule has 0 aliphatic heterocycles. The summed E-state index contributed by atoms with van der Waals surface area (Å²) in [5.41, 5.74) is 0.138. The molecule has 1 amide bonds. The molecule has 0 spiro atoms. The van der Waals surface area contributed by atoms with Crippen molar-refractivity contribution in [3.8, 4) is 17.2 Å². The van der Waals surface area contributed by atoms with Gasteiger partial charge in [0.1, 0.15) is 17.3 Å². The van der Waals surface area contributed by atoms with Gasteiger partial charge in [0.25, 0.3) is 11.5 Å². The lowest BCUT2D eigenvalue weighted by Gasteiger charge is -2.10. The summed E-state index contributed by atoms with van der Waals surface area (Å²) < 4.78 is 24.6. The minimum atomic E-state index is -0.549. The topological polar surface area (TPSA) is 82.4 Å². The number of benzene rings is 2. The smallest absolute Gasteiger partial charge is 0.298 e. The molecule has 2 aromatic carbocycles. The van der Waals surface area contributed by atoms with E-state index in [1.165, 1.54) is 67.6 Å². The van der Waals surface area contributed by atoms with Crippen LogP contribution in [0.5, 0.6) is 11.5 Å². The van der Waals surface area contributed by atoms with Crippen LogP contribution in [-0.4, -0.2) is 29.7 Å². The van der Waals surface area contributed by atoms with Crippen molar-refractivity contribution < 1.29 is 18.7 Å². The second-order valence-electron chi connectivity index (χ2n) is 5.48. The molecule has 1 heterocycles. The van der Waals surface area contributed by atoms with E-state index in [9.17, 15) is 14.0 Å². The van der Waals surface area contributed by atoms with E-state index in [1.54, 1.807) is 6.07 Å². The zero-order valence-electron chi connectivity index (χ0n) is 14.6. The minimum Gasteiger partial charge on any atom is -0.497 e. The molecule has 0 atom stereocenters. The van der Waals surface area contributed by atoms with Crippen LogP contribution in [0.1, 0.15) is 10.4 Å². The second kappa shape index (κ2) is 7.69. The number of aromatic nitrogens is 2. The fourth-order valence-corrected chi connectivity index (χ4v) is 2.42. The molecule has 0 aliphatic rings. The molecule has 0 saturated heterocycles. The lowest BCUT2D eigenvalue weighted by Crippen LogP contribution is -2.26. The van der Waals surface area contributed by atoms with Crippen molar-refractivity contribution in [3.63, 3.8) is 0 Å². The number of hydrogen-bond acceptors (Lipinski definition) is 5. The van der Waals surface area contributed by atoms with Crippen LogP contribution >= 0.6 is 0 Å². The van der Waals surface area contributed by atoms with E-state index in [2.05, 4.69) is 10.3 Å². The zero-order chi connectivity index (χ0) is 19.4. The molecule has 0 unspecified atom stereocenters. The first kappa shape index (κ1) is 18.1. The first-order chi connectivity index (χ1) is 13.0. The number of amides is 1. The Morgan fingerprint density at radius 1 is 1.07 bits per heavy atom. The summed E-state index contributed by atoms with van der Waals surface area (Å²) in [6.07, 6.45) is 2.80. The number of carbonyl (C=O) groups is 1. The van der Waals surface area contributed by atoms with Crippen molar-refractivity contribution in [2.24, 2.45) is 0 Å². The number of nitrogens with one attached hydrogen (secondary N) is 1. The lowest BCUT2D eigenvalue weighted by molar-refractivity contribution is 0.102. The Morgan fingerprint density at radius 3 is 2.30 bits per heavy atom. The Morgan fingerprint density at radius 2 is 1.70 bits per heavy atom. The average Bonchev–Trinajstić information content (AvgIpc) is 2.69. The van der Waals surface area contributed by atoms with Gasteiger partial charge >= 0.3 is 0 Å². The third kappa shape index (κ3) is 3.95. The highest BCUT2D eigenvalue weighted by Crippen LogP contribution is 2.22. The van der Waals surface area contributed by atoms with E-state index in [-0.39, 0.29) is 11.4 Å². The Labute approximate surface area is 154 Å². The molecular weight excluding hydrogens is 353 g/mol. The molecule has 0 radical (unpaired) electrons. The van der Waals surface area contributed by atoms with Crippen LogP contribution in [0.3, 0.4) is 0 Å². The van der Waals surface area contributed by atoms with Crippen LogP contribution in [0.2, 0.25) is 0 Å². The number of ether oxygens (including phenoxy) is 2. The SMILES string of the molecule is COc1cc(OC)cc(C(=O)Nc2nccn(-c3ccc(F)cc3)c2=O)c1. The van der Waals surface area contributed by atoms with E-state index < -0.39 is 17.3 Å². The summed E-state index contributed by atoms with van der Waals surface area (Å²) in [4.78, 5) is 29.1. The van der Waals surface area contributed by atoms with Gasteiger partial charge in [-0.2, -0.15) is 0 Å². The van der Waals surface area contributed by atoms with Gasteiger partial charge in [-0.3, -0.25) is 14.2 Å². The van der Waals surface area contributed by atoms with Crippen LogP contribution < -0.4 is 20.3 Å². The summed E-state index contributed by atoms with van der Waals surface area (Å²) in [6.45, 7) is 0. The molecular formula is C19H16FN3O4. The standard InChI is InChI=1S/C19H16FN3O4/c1-26-15-9-12(10-16(11-15)27-2)18(24)22-17-19(25)23(8-7-21-17)14-5-3-13(20)4-6-14/h3-11H,1-2H3,(H,21,22,24). The predicted molar refractivity (Wildman–Crippen MR) is 97.3 cm³/mol. The maximum Gasteiger partial charge on any atom is 0.298 e. The molecule has 27 heavy (non-hydrogen) atoms. The number of carbonyl (C=O) groups excluding carboxylic acids is 1. The Bertz CT molecular complexity index is 1010. The normalized spacial score (nSPS) is 10.3. The largest absolute Gasteiger partial charge is 0.497 e. The molecule has 138 valence electrons. The average molecular weight is 369 g/mol. The molecule has 3 rings (SSSR count). The van der Waals surface area contributed by atoms with Crippen molar-refractivity contribution in [2.45, 2.75) is 0 Å². The maximum absolute atomic E-state index is 13.1. The van der Waals surface area contributed by atoms with E-state index in [1.807, 2.05) is 0 Å². The van der Waals surface area contributed by atoms with Crippen molar-refractivity contribution in [1.82, 2.24) is 9.55 Å². The molecule has 1 N–H and O–H groups in total. The zero-order valence-corrected chi connectivity index (χ0v) is 14.6. The van der Waals surface area contributed by atoms with Gasteiger partial charge in [-0.1, -0.05) is 0 Å². The van der Waals surface area contributed by atoms with Gasteiger partial charge in [0.15, 0.2) is 5.82 Å². The van der Waals surface area contributed by atoms with Gasteiger partial charge in [-0.25, -0.2) is 9.37 Å². The number of rotatable bonds is 5. The highest BCUT2D eigenvalue weighted by Gasteiger charge is 2.14. The monoisotopic (exact) mass is 369 g/mol. The van der Waals surface area contributed by atoms with Crippen molar-refractivity contribution in [1.29, 1.82) is 0 Å². The van der Waals surface area contributed by atoms with Crippen LogP contribution in [-0.2, 0) is 0 Å². The first-order valence-electron chi connectivity index (χ1n) is 7.90. The van der Waals surface area contributed by atoms with E-state index in [0.29, 0.717) is 17.2 Å². The summed E-state index contributed by atoms with van der Waals surface area (Å²) in [5.74, 6) is -0.253. The van der Waals surface area contributed by atoms with Crippen molar-refractivity contribution >= 4 is 11.7 Å². The second-order valence-corrected chi connectivity index (χ2v) is 5.48. The predicted octanol–water partition coefficient (Wildman–Crippen LogP) is 2.64. The van der Waals surface area contributed by atoms with Gasteiger partial charge in [-0.15, -0.1) is 0 Å². The summed E-state index contributed by atoms with van der Waals surface area (Å²) in [6, 6.07) is 10.0. The minimum absolute atomic E-state index is 0.159.